The average Bonchev–Trinajstić information content (AvgIpc) is 2.85. The fourth-order valence-electron chi connectivity index (χ4n) is 1.30. The highest BCUT2D eigenvalue weighted by Crippen LogP contribution is 2.30. The average molecular weight is 212 g/mol. The van der Waals surface area contributed by atoms with Gasteiger partial charge < -0.3 is 5.32 Å². The van der Waals surface area contributed by atoms with Crippen LogP contribution in [0.15, 0.2) is 30.3 Å². The molecule has 0 aliphatic carbocycles. The van der Waals surface area contributed by atoms with Crippen LogP contribution in [-0.4, -0.2) is 11.4 Å². The molecule has 1 fully saturated rings. The van der Waals surface area contributed by atoms with Gasteiger partial charge in [-0.3, -0.25) is 0 Å². The molecule has 58 valence electrons. The Morgan fingerprint density at radius 3 is 2.55 bits per heavy atom. The van der Waals surface area contributed by atoms with E-state index in [9.17, 15) is 0 Å². The van der Waals surface area contributed by atoms with Gasteiger partial charge in [0.15, 0.2) is 0 Å². The SMILES string of the molecule is BrCC1NC1c1ccccc1. The highest BCUT2D eigenvalue weighted by atomic mass is 79.9. The summed E-state index contributed by atoms with van der Waals surface area (Å²) in [4.78, 5) is 0. The first-order chi connectivity index (χ1) is 5.42. The van der Waals surface area contributed by atoms with Gasteiger partial charge in [-0.25, -0.2) is 0 Å². The van der Waals surface area contributed by atoms with Crippen molar-refractivity contribution in [2.75, 3.05) is 5.33 Å². The zero-order chi connectivity index (χ0) is 7.68. The van der Waals surface area contributed by atoms with Crippen LogP contribution in [0.25, 0.3) is 0 Å². The van der Waals surface area contributed by atoms with Crippen LogP contribution in [0.4, 0.5) is 0 Å². The molecule has 1 heterocycles. The highest BCUT2D eigenvalue weighted by molar-refractivity contribution is 9.09. The van der Waals surface area contributed by atoms with Crippen LogP contribution in [-0.2, 0) is 0 Å². The Morgan fingerprint density at radius 2 is 2.00 bits per heavy atom. The molecule has 0 radical (unpaired) electrons. The van der Waals surface area contributed by atoms with Crippen molar-refractivity contribution >= 4 is 15.9 Å². The second-order valence-electron chi connectivity index (χ2n) is 2.82. The van der Waals surface area contributed by atoms with Crippen molar-refractivity contribution in [1.29, 1.82) is 0 Å². The van der Waals surface area contributed by atoms with Gasteiger partial charge in [0.25, 0.3) is 0 Å². The second-order valence-corrected chi connectivity index (χ2v) is 3.46. The Hall–Kier alpha value is -0.340. The molecule has 0 spiro atoms. The predicted octanol–water partition coefficient (Wildman–Crippen LogP) is 2.09. The van der Waals surface area contributed by atoms with E-state index in [-0.39, 0.29) is 0 Å². The van der Waals surface area contributed by atoms with Gasteiger partial charge in [0.05, 0.1) is 0 Å². The van der Waals surface area contributed by atoms with E-state index in [1.165, 1.54) is 5.56 Å². The maximum absolute atomic E-state index is 3.45. The number of hydrogen-bond donors (Lipinski definition) is 1. The summed E-state index contributed by atoms with van der Waals surface area (Å²) in [5.74, 6) is 0. The van der Waals surface area contributed by atoms with E-state index in [0.29, 0.717) is 12.1 Å². The normalized spacial score (nSPS) is 28.5. The third-order valence-corrected chi connectivity index (χ3v) is 2.71. The Balaban J connectivity index is 2.09. The molecule has 2 heteroatoms. The third kappa shape index (κ3) is 1.47. The van der Waals surface area contributed by atoms with E-state index >= 15 is 0 Å². The quantitative estimate of drug-likeness (QED) is 0.588. The van der Waals surface area contributed by atoms with Crippen molar-refractivity contribution in [1.82, 2.24) is 5.32 Å². The van der Waals surface area contributed by atoms with E-state index in [1.54, 1.807) is 0 Å². The van der Waals surface area contributed by atoms with Crippen LogP contribution in [0.3, 0.4) is 0 Å². The molecule has 1 saturated heterocycles. The first-order valence-corrected chi connectivity index (χ1v) is 4.91. The maximum atomic E-state index is 3.45. The minimum Gasteiger partial charge on any atom is -0.303 e. The van der Waals surface area contributed by atoms with Crippen molar-refractivity contribution in [3.05, 3.63) is 35.9 Å². The molecule has 2 unspecified atom stereocenters. The number of alkyl halides is 1. The molecule has 1 aromatic carbocycles. The summed E-state index contributed by atoms with van der Waals surface area (Å²) in [6, 6.07) is 11.8. The molecule has 0 saturated carbocycles. The first-order valence-electron chi connectivity index (χ1n) is 3.79. The van der Waals surface area contributed by atoms with E-state index in [1.807, 2.05) is 0 Å². The molecule has 2 rings (SSSR count). The summed E-state index contributed by atoms with van der Waals surface area (Å²) in [5, 5.41) is 4.44. The minimum absolute atomic E-state index is 0.593. The lowest BCUT2D eigenvalue weighted by molar-refractivity contribution is 1.05. The van der Waals surface area contributed by atoms with Crippen LogP contribution >= 0.6 is 15.9 Å². The summed E-state index contributed by atoms with van der Waals surface area (Å²) in [5.41, 5.74) is 1.40. The molecule has 0 aromatic heterocycles. The standard InChI is InChI=1S/C9H10BrN/c10-6-8-9(11-8)7-4-2-1-3-5-7/h1-5,8-9,11H,6H2. The fourth-order valence-corrected chi connectivity index (χ4v) is 1.86. The van der Waals surface area contributed by atoms with Crippen molar-refractivity contribution in [3.63, 3.8) is 0 Å². The number of halogens is 1. The van der Waals surface area contributed by atoms with E-state index in [2.05, 4.69) is 51.6 Å². The summed E-state index contributed by atoms with van der Waals surface area (Å²) in [7, 11) is 0. The number of hydrogen-bond acceptors (Lipinski definition) is 1. The monoisotopic (exact) mass is 211 g/mol. The largest absolute Gasteiger partial charge is 0.303 e. The van der Waals surface area contributed by atoms with Crippen molar-refractivity contribution in [2.45, 2.75) is 12.1 Å². The molecule has 2 atom stereocenters. The lowest BCUT2D eigenvalue weighted by atomic mass is 10.1. The Labute approximate surface area is 74.9 Å². The topological polar surface area (TPSA) is 21.9 Å². The Morgan fingerprint density at radius 1 is 1.27 bits per heavy atom. The van der Waals surface area contributed by atoms with Crippen LogP contribution in [0.2, 0.25) is 0 Å². The third-order valence-electron chi connectivity index (χ3n) is 2.01. The molecule has 0 bridgehead atoms. The van der Waals surface area contributed by atoms with Gasteiger partial charge in [-0.05, 0) is 5.56 Å². The Kier molecular flexibility index (Phi) is 1.96. The van der Waals surface area contributed by atoms with E-state index in [0.717, 1.165) is 5.33 Å². The van der Waals surface area contributed by atoms with Crippen molar-refractivity contribution in [2.24, 2.45) is 0 Å². The molecule has 1 aromatic rings. The number of rotatable bonds is 2. The van der Waals surface area contributed by atoms with Crippen LogP contribution in [0.1, 0.15) is 11.6 Å². The molecule has 1 N–H and O–H groups in total. The van der Waals surface area contributed by atoms with Gasteiger partial charge in [-0.1, -0.05) is 46.3 Å². The summed E-state index contributed by atoms with van der Waals surface area (Å²) in [6.07, 6.45) is 0. The fraction of sp³-hybridized carbons (Fsp3) is 0.333. The molecule has 11 heavy (non-hydrogen) atoms. The highest BCUT2D eigenvalue weighted by Gasteiger charge is 2.35. The molecule has 1 aliphatic heterocycles. The molecule has 1 nitrogen and oxygen atoms in total. The predicted molar refractivity (Wildman–Crippen MR) is 49.9 cm³/mol. The Bertz CT molecular complexity index is 235. The molecular weight excluding hydrogens is 202 g/mol. The van der Waals surface area contributed by atoms with Gasteiger partial charge in [-0.2, -0.15) is 0 Å². The lowest BCUT2D eigenvalue weighted by Gasteiger charge is -1.93. The van der Waals surface area contributed by atoms with Gasteiger partial charge in [-0.15, -0.1) is 0 Å². The van der Waals surface area contributed by atoms with Crippen molar-refractivity contribution in [3.8, 4) is 0 Å². The van der Waals surface area contributed by atoms with Crippen molar-refractivity contribution < 1.29 is 0 Å². The van der Waals surface area contributed by atoms with E-state index in [4.69, 9.17) is 0 Å². The summed E-state index contributed by atoms with van der Waals surface area (Å²) in [6.45, 7) is 0. The maximum Gasteiger partial charge on any atom is 0.0487 e. The van der Waals surface area contributed by atoms with Crippen LogP contribution in [0.5, 0.6) is 0 Å². The molecule has 1 aliphatic rings. The smallest absolute Gasteiger partial charge is 0.0487 e. The zero-order valence-electron chi connectivity index (χ0n) is 6.13. The number of nitrogens with one attached hydrogen (secondary N) is 1. The van der Waals surface area contributed by atoms with Gasteiger partial charge in [0, 0.05) is 17.4 Å². The summed E-state index contributed by atoms with van der Waals surface area (Å²) >= 11 is 3.45. The molecule has 0 amide bonds. The second kappa shape index (κ2) is 2.95. The lowest BCUT2D eigenvalue weighted by Crippen LogP contribution is -1.89. The number of benzene rings is 1. The molecular formula is C9H10BrN. The van der Waals surface area contributed by atoms with Gasteiger partial charge in [0.1, 0.15) is 0 Å². The zero-order valence-corrected chi connectivity index (χ0v) is 7.71. The van der Waals surface area contributed by atoms with Crippen LogP contribution in [0, 0.1) is 0 Å². The first kappa shape index (κ1) is 7.32. The van der Waals surface area contributed by atoms with Gasteiger partial charge >= 0.3 is 0 Å². The van der Waals surface area contributed by atoms with Crippen LogP contribution < -0.4 is 5.32 Å². The summed E-state index contributed by atoms with van der Waals surface area (Å²) < 4.78 is 0. The minimum atomic E-state index is 0.593. The van der Waals surface area contributed by atoms with E-state index < -0.39 is 0 Å². The van der Waals surface area contributed by atoms with Gasteiger partial charge in [0.2, 0.25) is 0 Å².